The average Bonchev–Trinajstić information content (AvgIpc) is 3.34. The summed E-state index contributed by atoms with van der Waals surface area (Å²) in [6.07, 6.45) is 9.53. The number of nitrogens with one attached hydrogen (secondary N) is 2. The number of hydrogen-bond acceptors (Lipinski definition) is 2. The monoisotopic (exact) mass is 343 g/mol. The fourth-order valence-electron chi connectivity index (χ4n) is 4.68. The molecule has 3 nitrogen and oxygen atoms in total. The molecule has 0 radical (unpaired) electrons. The fourth-order valence-corrected chi connectivity index (χ4v) is 4.96. The van der Waals surface area contributed by atoms with Crippen molar-refractivity contribution in [1.29, 1.82) is 0 Å². The van der Waals surface area contributed by atoms with Crippen LogP contribution in [0.15, 0.2) is 18.2 Å². The summed E-state index contributed by atoms with van der Waals surface area (Å²) in [6.45, 7) is 4.29. The van der Waals surface area contributed by atoms with Crippen LogP contribution in [0.1, 0.15) is 56.1 Å². The number of benzene rings is 1. The maximum atomic E-state index is 5.58. The second kappa shape index (κ2) is 6.64. The third-order valence-electron chi connectivity index (χ3n) is 6.10. The van der Waals surface area contributed by atoms with Gasteiger partial charge in [-0.05, 0) is 87.8 Å². The first-order chi connectivity index (χ1) is 11.6. The van der Waals surface area contributed by atoms with Crippen LogP contribution in [0.2, 0.25) is 0 Å². The smallest absolute Gasteiger partial charge is 0.170 e. The molecule has 24 heavy (non-hydrogen) atoms. The molecule has 2 heterocycles. The van der Waals surface area contributed by atoms with Crippen molar-refractivity contribution in [3.05, 3.63) is 29.3 Å². The Hall–Kier alpha value is -1.13. The fraction of sp³-hybridized carbons (Fsp3) is 0.650. The summed E-state index contributed by atoms with van der Waals surface area (Å²) in [7, 11) is 0. The Labute approximate surface area is 151 Å². The molecule has 1 saturated carbocycles. The Balaban J connectivity index is 1.35. The summed E-state index contributed by atoms with van der Waals surface area (Å²) < 4.78 is 0. The minimum absolute atomic E-state index is 0.529. The molecule has 1 aromatic carbocycles. The van der Waals surface area contributed by atoms with Crippen LogP contribution in [0.25, 0.3) is 0 Å². The van der Waals surface area contributed by atoms with Gasteiger partial charge in [0.15, 0.2) is 5.11 Å². The normalized spacial score (nSPS) is 30.0. The quantitative estimate of drug-likeness (QED) is 0.807. The van der Waals surface area contributed by atoms with Crippen molar-refractivity contribution >= 4 is 23.0 Å². The molecule has 1 aromatic rings. The van der Waals surface area contributed by atoms with Crippen LogP contribution >= 0.6 is 12.2 Å². The van der Waals surface area contributed by atoms with E-state index < -0.39 is 0 Å². The molecule has 2 unspecified atom stereocenters. The summed E-state index contributed by atoms with van der Waals surface area (Å²) in [4.78, 5) is 2.86. The van der Waals surface area contributed by atoms with Gasteiger partial charge in [0.2, 0.25) is 0 Å². The van der Waals surface area contributed by atoms with Crippen LogP contribution in [0.5, 0.6) is 0 Å². The van der Waals surface area contributed by atoms with Gasteiger partial charge in [0.1, 0.15) is 0 Å². The van der Waals surface area contributed by atoms with Crippen LogP contribution in [0.4, 0.5) is 5.69 Å². The van der Waals surface area contributed by atoms with Crippen molar-refractivity contribution in [2.75, 3.05) is 5.32 Å². The Kier molecular flexibility index (Phi) is 4.52. The van der Waals surface area contributed by atoms with Crippen molar-refractivity contribution < 1.29 is 0 Å². The number of rotatable bonds is 3. The Morgan fingerprint density at radius 3 is 2.33 bits per heavy atom. The Morgan fingerprint density at radius 1 is 1.00 bits per heavy atom. The molecule has 0 spiro atoms. The third kappa shape index (κ3) is 3.45. The highest BCUT2D eigenvalue weighted by atomic mass is 32.1. The van der Waals surface area contributed by atoms with E-state index in [0.29, 0.717) is 6.04 Å². The van der Waals surface area contributed by atoms with E-state index in [1.165, 1.54) is 56.1 Å². The van der Waals surface area contributed by atoms with Gasteiger partial charge in [0.25, 0.3) is 0 Å². The molecule has 3 aliphatic rings. The Bertz CT molecular complexity index is 611. The summed E-state index contributed by atoms with van der Waals surface area (Å²) in [5.74, 6) is 0. The lowest BCUT2D eigenvalue weighted by molar-refractivity contribution is 0.0209. The number of nitrogens with zero attached hydrogens (tertiary/aromatic N) is 1. The van der Waals surface area contributed by atoms with Crippen molar-refractivity contribution in [2.45, 2.75) is 83.0 Å². The molecular weight excluding hydrogens is 314 g/mol. The molecule has 2 bridgehead atoms. The van der Waals surface area contributed by atoms with Crippen LogP contribution in [0, 0.1) is 13.8 Å². The zero-order valence-electron chi connectivity index (χ0n) is 14.8. The van der Waals surface area contributed by atoms with Gasteiger partial charge in [0.05, 0.1) is 0 Å². The lowest BCUT2D eigenvalue weighted by Crippen LogP contribution is -2.57. The van der Waals surface area contributed by atoms with E-state index in [2.05, 4.69) is 47.6 Å². The van der Waals surface area contributed by atoms with E-state index in [-0.39, 0.29) is 0 Å². The number of thiocarbonyl (C=S) groups is 1. The van der Waals surface area contributed by atoms with Crippen LogP contribution in [-0.2, 0) is 0 Å². The first kappa shape index (κ1) is 16.3. The average molecular weight is 344 g/mol. The summed E-state index contributed by atoms with van der Waals surface area (Å²) in [5.41, 5.74) is 3.71. The van der Waals surface area contributed by atoms with E-state index in [4.69, 9.17) is 12.2 Å². The number of piperidine rings is 2. The Morgan fingerprint density at radius 2 is 1.71 bits per heavy atom. The van der Waals surface area contributed by atoms with Crippen molar-refractivity contribution in [3.8, 4) is 0 Å². The van der Waals surface area contributed by atoms with E-state index >= 15 is 0 Å². The number of anilines is 1. The summed E-state index contributed by atoms with van der Waals surface area (Å²) in [6, 6.07) is 9.44. The van der Waals surface area contributed by atoms with E-state index in [1.807, 2.05) is 0 Å². The molecule has 4 rings (SSSR count). The third-order valence-corrected chi connectivity index (χ3v) is 6.32. The largest absolute Gasteiger partial charge is 0.360 e. The molecule has 2 atom stereocenters. The van der Waals surface area contributed by atoms with E-state index in [1.54, 1.807) is 0 Å². The van der Waals surface area contributed by atoms with Gasteiger partial charge < -0.3 is 10.6 Å². The van der Waals surface area contributed by atoms with Gasteiger partial charge in [-0.1, -0.05) is 12.5 Å². The topological polar surface area (TPSA) is 27.3 Å². The molecule has 3 fully saturated rings. The number of aryl methyl sites for hydroxylation is 2. The SMILES string of the molecule is Cc1ccc(NC(=S)NC2CC3CCCC(C2)N3C2CC2)cc1C. The molecule has 2 N–H and O–H groups in total. The van der Waals surface area contributed by atoms with Gasteiger partial charge in [0, 0.05) is 29.9 Å². The van der Waals surface area contributed by atoms with Crippen molar-refractivity contribution in [2.24, 2.45) is 0 Å². The second-order valence-corrected chi connectivity index (χ2v) is 8.39. The molecule has 2 aliphatic heterocycles. The zero-order valence-corrected chi connectivity index (χ0v) is 15.7. The van der Waals surface area contributed by atoms with E-state index in [9.17, 15) is 0 Å². The van der Waals surface area contributed by atoms with E-state index in [0.717, 1.165) is 28.9 Å². The van der Waals surface area contributed by atoms with Crippen LogP contribution in [0.3, 0.4) is 0 Å². The van der Waals surface area contributed by atoms with Gasteiger partial charge in [-0.25, -0.2) is 0 Å². The minimum Gasteiger partial charge on any atom is -0.360 e. The highest BCUT2D eigenvalue weighted by molar-refractivity contribution is 7.80. The molecule has 130 valence electrons. The van der Waals surface area contributed by atoms with Gasteiger partial charge >= 0.3 is 0 Å². The zero-order chi connectivity index (χ0) is 16.7. The van der Waals surface area contributed by atoms with Gasteiger partial charge in [-0.15, -0.1) is 0 Å². The van der Waals surface area contributed by atoms with Crippen LogP contribution in [-0.4, -0.2) is 34.2 Å². The maximum Gasteiger partial charge on any atom is 0.170 e. The number of fused-ring (bicyclic) bond motifs is 2. The summed E-state index contributed by atoms with van der Waals surface area (Å²) >= 11 is 5.58. The predicted molar refractivity (Wildman–Crippen MR) is 105 cm³/mol. The minimum atomic E-state index is 0.529. The van der Waals surface area contributed by atoms with Crippen molar-refractivity contribution in [3.63, 3.8) is 0 Å². The first-order valence-corrected chi connectivity index (χ1v) is 9.93. The highest BCUT2D eigenvalue weighted by Crippen LogP contribution is 2.41. The van der Waals surface area contributed by atoms with Crippen LogP contribution < -0.4 is 10.6 Å². The lowest BCUT2D eigenvalue weighted by Gasteiger charge is -2.49. The highest BCUT2D eigenvalue weighted by Gasteiger charge is 2.44. The standard InChI is InChI=1S/C20H29N3S/c1-13-6-7-15(10-14(13)2)21-20(24)22-16-11-18-4-3-5-19(12-16)23(18)17-8-9-17/h6-7,10,16-19H,3-5,8-9,11-12H2,1-2H3,(H2,21,22,24). The first-order valence-electron chi connectivity index (χ1n) is 9.52. The van der Waals surface area contributed by atoms with Gasteiger partial charge in [-0.2, -0.15) is 0 Å². The lowest BCUT2D eigenvalue weighted by atomic mass is 9.81. The maximum absolute atomic E-state index is 5.58. The molecule has 1 aliphatic carbocycles. The van der Waals surface area contributed by atoms with Crippen molar-refractivity contribution in [1.82, 2.24) is 10.2 Å². The second-order valence-electron chi connectivity index (χ2n) is 7.98. The molecule has 0 aromatic heterocycles. The molecule has 4 heteroatoms. The number of hydrogen-bond donors (Lipinski definition) is 2. The molecule has 0 amide bonds. The molecular formula is C20H29N3S. The molecule has 2 saturated heterocycles. The predicted octanol–water partition coefficient (Wildman–Crippen LogP) is 4.14. The summed E-state index contributed by atoms with van der Waals surface area (Å²) in [5, 5.41) is 7.76. The van der Waals surface area contributed by atoms with Gasteiger partial charge in [-0.3, -0.25) is 4.90 Å².